The first-order valence-corrected chi connectivity index (χ1v) is 8.66. The van der Waals surface area contributed by atoms with Gasteiger partial charge in [0.05, 0.1) is 0 Å². The lowest BCUT2D eigenvalue weighted by atomic mass is 10.2. The van der Waals surface area contributed by atoms with E-state index in [2.05, 4.69) is 26.6 Å². The smallest absolute Gasteiger partial charge is 0.331 e. The average molecular weight is 423 g/mol. The fraction of sp³-hybridized carbons (Fsp3) is 0.294. The molecule has 0 spiro atoms. The SMILES string of the molecule is Cc1ccc(Br)cc1NC(=O)CCNC(=O)Cn1ccc(=O)n(C)c1=O. The summed E-state index contributed by atoms with van der Waals surface area (Å²) in [4.78, 5) is 47.1. The van der Waals surface area contributed by atoms with E-state index in [1.54, 1.807) is 6.07 Å². The Morgan fingerprint density at radius 1 is 1.15 bits per heavy atom. The molecule has 8 nitrogen and oxygen atoms in total. The van der Waals surface area contributed by atoms with Crippen LogP contribution in [0.4, 0.5) is 5.69 Å². The molecule has 0 radical (unpaired) electrons. The highest BCUT2D eigenvalue weighted by molar-refractivity contribution is 9.10. The number of nitrogens with zero attached hydrogens (tertiary/aromatic N) is 2. The van der Waals surface area contributed by atoms with Crippen molar-refractivity contribution in [1.82, 2.24) is 14.5 Å². The molecule has 0 aliphatic carbocycles. The van der Waals surface area contributed by atoms with Crippen molar-refractivity contribution in [1.29, 1.82) is 0 Å². The number of halogens is 1. The fourth-order valence-electron chi connectivity index (χ4n) is 2.20. The molecule has 1 aromatic carbocycles. The maximum Gasteiger partial charge on any atom is 0.331 e. The molecule has 2 N–H and O–H groups in total. The van der Waals surface area contributed by atoms with Crippen molar-refractivity contribution in [2.45, 2.75) is 19.9 Å². The Morgan fingerprint density at radius 3 is 2.62 bits per heavy atom. The summed E-state index contributed by atoms with van der Waals surface area (Å²) in [5, 5.41) is 5.36. The van der Waals surface area contributed by atoms with Crippen molar-refractivity contribution in [2.24, 2.45) is 7.05 Å². The second kappa shape index (κ2) is 8.61. The van der Waals surface area contributed by atoms with Crippen LogP contribution in [0.1, 0.15) is 12.0 Å². The van der Waals surface area contributed by atoms with Gasteiger partial charge >= 0.3 is 5.69 Å². The molecule has 0 saturated heterocycles. The van der Waals surface area contributed by atoms with Crippen LogP contribution in [0.2, 0.25) is 0 Å². The van der Waals surface area contributed by atoms with E-state index < -0.39 is 17.2 Å². The third-order valence-corrected chi connectivity index (χ3v) is 4.22. The molecular formula is C17H19BrN4O4. The predicted molar refractivity (Wildman–Crippen MR) is 101 cm³/mol. The molecule has 2 amide bonds. The van der Waals surface area contributed by atoms with E-state index >= 15 is 0 Å². The van der Waals surface area contributed by atoms with Crippen molar-refractivity contribution in [3.63, 3.8) is 0 Å². The van der Waals surface area contributed by atoms with Gasteiger partial charge in [-0.05, 0) is 24.6 Å². The van der Waals surface area contributed by atoms with E-state index in [1.165, 1.54) is 19.3 Å². The molecule has 26 heavy (non-hydrogen) atoms. The number of anilines is 1. The Morgan fingerprint density at radius 2 is 1.88 bits per heavy atom. The summed E-state index contributed by atoms with van der Waals surface area (Å²) >= 11 is 3.35. The number of aromatic nitrogens is 2. The molecule has 0 unspecified atom stereocenters. The van der Waals surface area contributed by atoms with Gasteiger partial charge < -0.3 is 10.6 Å². The number of amides is 2. The fourth-order valence-corrected chi connectivity index (χ4v) is 2.57. The highest BCUT2D eigenvalue weighted by Gasteiger charge is 2.09. The van der Waals surface area contributed by atoms with Crippen LogP contribution in [-0.4, -0.2) is 27.5 Å². The lowest BCUT2D eigenvalue weighted by molar-refractivity contribution is -0.121. The molecule has 9 heteroatoms. The first-order valence-electron chi connectivity index (χ1n) is 7.87. The predicted octanol–water partition coefficient (Wildman–Crippen LogP) is 0.763. The highest BCUT2D eigenvalue weighted by Crippen LogP contribution is 2.20. The van der Waals surface area contributed by atoms with E-state index in [-0.39, 0.29) is 25.4 Å². The normalized spacial score (nSPS) is 10.4. The lowest BCUT2D eigenvalue weighted by Crippen LogP contribution is -2.40. The van der Waals surface area contributed by atoms with Crippen LogP contribution in [0.5, 0.6) is 0 Å². The van der Waals surface area contributed by atoms with Gasteiger partial charge in [0.25, 0.3) is 5.56 Å². The van der Waals surface area contributed by atoms with Crippen LogP contribution in [-0.2, 0) is 23.2 Å². The summed E-state index contributed by atoms with van der Waals surface area (Å²) in [6, 6.07) is 6.78. The number of nitrogens with one attached hydrogen (secondary N) is 2. The summed E-state index contributed by atoms with van der Waals surface area (Å²) in [6.07, 6.45) is 1.37. The van der Waals surface area contributed by atoms with Crippen LogP contribution in [0.3, 0.4) is 0 Å². The van der Waals surface area contributed by atoms with Gasteiger partial charge in [0.2, 0.25) is 11.8 Å². The maximum absolute atomic E-state index is 12.0. The second-order valence-electron chi connectivity index (χ2n) is 5.73. The van der Waals surface area contributed by atoms with Gasteiger partial charge in [0.1, 0.15) is 6.54 Å². The number of rotatable bonds is 6. The highest BCUT2D eigenvalue weighted by atomic mass is 79.9. The number of carbonyl (C=O) groups excluding carboxylic acids is 2. The molecule has 0 fully saturated rings. The standard InChI is InChI=1S/C17H19BrN4O4/c1-11-3-4-12(18)9-13(11)20-14(23)5-7-19-15(24)10-22-8-6-16(25)21(2)17(22)26/h3-4,6,8-9H,5,7,10H2,1-2H3,(H,19,24)(H,20,23). The Labute approximate surface area is 158 Å². The summed E-state index contributed by atoms with van der Waals surface area (Å²) in [7, 11) is 1.34. The van der Waals surface area contributed by atoms with Crippen molar-refractivity contribution >= 4 is 33.4 Å². The van der Waals surface area contributed by atoms with Crippen molar-refractivity contribution in [2.75, 3.05) is 11.9 Å². The van der Waals surface area contributed by atoms with Crippen LogP contribution in [0.25, 0.3) is 0 Å². The van der Waals surface area contributed by atoms with Crippen molar-refractivity contribution in [3.05, 3.63) is 61.3 Å². The van der Waals surface area contributed by atoms with Crippen LogP contribution >= 0.6 is 15.9 Å². The first kappa shape index (κ1) is 19.6. The minimum absolute atomic E-state index is 0.0971. The largest absolute Gasteiger partial charge is 0.354 e. The van der Waals surface area contributed by atoms with Crippen LogP contribution < -0.4 is 21.9 Å². The van der Waals surface area contributed by atoms with Crippen LogP contribution in [0, 0.1) is 6.92 Å². The molecule has 0 bridgehead atoms. The van der Waals surface area contributed by atoms with Gasteiger partial charge in [-0.15, -0.1) is 0 Å². The minimum atomic E-state index is -0.574. The van der Waals surface area contributed by atoms with Gasteiger partial charge in [-0.25, -0.2) is 4.79 Å². The average Bonchev–Trinajstić information content (AvgIpc) is 2.58. The van der Waals surface area contributed by atoms with Crippen molar-refractivity contribution < 1.29 is 9.59 Å². The third-order valence-electron chi connectivity index (χ3n) is 3.72. The Balaban J connectivity index is 1.84. The minimum Gasteiger partial charge on any atom is -0.354 e. The van der Waals surface area contributed by atoms with E-state index in [1.807, 2.05) is 19.1 Å². The van der Waals surface area contributed by atoms with Gasteiger partial charge in [-0.2, -0.15) is 0 Å². The summed E-state index contributed by atoms with van der Waals surface area (Å²) in [6.45, 7) is 1.80. The van der Waals surface area contributed by atoms with Gasteiger partial charge in [-0.1, -0.05) is 22.0 Å². The molecule has 2 aromatic rings. The molecule has 138 valence electrons. The van der Waals surface area contributed by atoms with E-state index in [0.717, 1.165) is 19.2 Å². The summed E-state index contributed by atoms with van der Waals surface area (Å²) < 4.78 is 2.90. The first-order chi connectivity index (χ1) is 12.3. The second-order valence-corrected chi connectivity index (χ2v) is 6.65. The Kier molecular flexibility index (Phi) is 6.51. The quantitative estimate of drug-likeness (QED) is 0.717. The van der Waals surface area contributed by atoms with E-state index in [9.17, 15) is 19.2 Å². The number of aryl methyl sites for hydroxylation is 1. The Hall–Kier alpha value is -2.68. The molecule has 0 aliphatic heterocycles. The monoisotopic (exact) mass is 422 g/mol. The van der Waals surface area contributed by atoms with E-state index in [0.29, 0.717) is 5.69 Å². The Bertz CT molecular complexity index is 949. The third kappa shape index (κ3) is 5.16. The van der Waals surface area contributed by atoms with Crippen LogP contribution in [0.15, 0.2) is 44.5 Å². The molecule has 2 rings (SSSR count). The molecule has 1 aromatic heterocycles. The molecular weight excluding hydrogens is 404 g/mol. The van der Waals surface area contributed by atoms with Gasteiger partial charge in [-0.3, -0.25) is 23.5 Å². The van der Waals surface area contributed by atoms with E-state index in [4.69, 9.17) is 0 Å². The summed E-state index contributed by atoms with van der Waals surface area (Å²) in [5.41, 5.74) is 0.619. The topological polar surface area (TPSA) is 102 Å². The maximum atomic E-state index is 12.0. The molecule has 0 saturated carbocycles. The zero-order valence-electron chi connectivity index (χ0n) is 14.4. The van der Waals surface area contributed by atoms with Crippen molar-refractivity contribution in [3.8, 4) is 0 Å². The van der Waals surface area contributed by atoms with Gasteiger partial charge in [0, 0.05) is 42.4 Å². The number of carbonyl (C=O) groups is 2. The van der Waals surface area contributed by atoms with Gasteiger partial charge in [0.15, 0.2) is 0 Å². The molecule has 1 heterocycles. The zero-order valence-corrected chi connectivity index (χ0v) is 16.0. The zero-order chi connectivity index (χ0) is 19.3. The molecule has 0 atom stereocenters. The number of hydrogen-bond acceptors (Lipinski definition) is 4. The number of hydrogen-bond donors (Lipinski definition) is 2. The molecule has 0 aliphatic rings. The lowest BCUT2D eigenvalue weighted by Gasteiger charge is -2.10. The summed E-state index contributed by atoms with van der Waals surface area (Å²) in [5.74, 6) is -0.650. The number of benzene rings is 1.